The van der Waals surface area contributed by atoms with Crippen molar-refractivity contribution in [1.29, 1.82) is 0 Å². The molecule has 1 N–H and O–H groups in total. The molecule has 0 saturated heterocycles. The van der Waals surface area contributed by atoms with Crippen molar-refractivity contribution >= 4 is 5.91 Å². The van der Waals surface area contributed by atoms with Gasteiger partial charge in [0.2, 0.25) is 5.43 Å². The van der Waals surface area contributed by atoms with Crippen molar-refractivity contribution in [3.05, 3.63) is 98.5 Å². The summed E-state index contributed by atoms with van der Waals surface area (Å²) in [7, 11) is 1.59. The van der Waals surface area contributed by atoms with Crippen LogP contribution in [0.1, 0.15) is 39.7 Å². The number of halogens is 2. The highest BCUT2D eigenvalue weighted by Gasteiger charge is 2.65. The third-order valence-corrected chi connectivity index (χ3v) is 7.61. The molecule has 33 heavy (non-hydrogen) atoms. The molecule has 1 aromatic heterocycles. The summed E-state index contributed by atoms with van der Waals surface area (Å²) < 4.78 is 30.9. The molecule has 3 aromatic rings. The van der Waals surface area contributed by atoms with E-state index in [1.807, 2.05) is 36.2 Å². The second-order valence-electron chi connectivity index (χ2n) is 9.44. The molecule has 0 saturated carbocycles. The Balaban J connectivity index is 1.75. The van der Waals surface area contributed by atoms with Gasteiger partial charge in [-0.2, -0.15) is 0 Å². The van der Waals surface area contributed by atoms with Crippen LogP contribution in [-0.2, 0) is 18.4 Å². The summed E-state index contributed by atoms with van der Waals surface area (Å²) in [6.45, 7) is 2.17. The number of carbonyl (C=O) groups excluding carboxylic acids is 1. The topological polar surface area (TPSA) is 65.8 Å². The van der Waals surface area contributed by atoms with Gasteiger partial charge in [0.1, 0.15) is 12.2 Å². The zero-order valence-electron chi connectivity index (χ0n) is 18.1. The molecule has 0 fully saturated rings. The van der Waals surface area contributed by atoms with Crippen molar-refractivity contribution < 1.29 is 18.7 Å². The number of fused-ring (bicyclic) bond motifs is 6. The standard InChI is InChI=1S/C25H21F2N3O3/c1-24-11-14-5-3-4-6-16(14)25(24,17-7-8-18(26)20(27)15(17)12-24)30-13-28(2)23(33)21-22(32)19(31)9-10-29(21)30/h3-10,32H,11-13H2,1-2H3. The van der Waals surface area contributed by atoms with Crippen LogP contribution in [0.2, 0.25) is 0 Å². The smallest absolute Gasteiger partial charge is 0.277 e. The maximum Gasteiger partial charge on any atom is 0.277 e. The molecule has 8 heteroatoms. The Bertz CT molecular complexity index is 1430. The van der Waals surface area contributed by atoms with Crippen LogP contribution >= 0.6 is 0 Å². The highest BCUT2D eigenvalue weighted by atomic mass is 19.2. The lowest BCUT2D eigenvalue weighted by Gasteiger charge is -2.53. The highest BCUT2D eigenvalue weighted by molar-refractivity contribution is 5.96. The number of carbonyl (C=O) groups is 1. The van der Waals surface area contributed by atoms with Gasteiger partial charge >= 0.3 is 0 Å². The van der Waals surface area contributed by atoms with Crippen LogP contribution in [0.3, 0.4) is 0 Å². The maximum atomic E-state index is 15.1. The third kappa shape index (κ3) is 2.21. The number of hydrogen-bond donors (Lipinski definition) is 1. The van der Waals surface area contributed by atoms with Gasteiger partial charge in [0.25, 0.3) is 5.91 Å². The summed E-state index contributed by atoms with van der Waals surface area (Å²) in [5.41, 5.74) is 0.624. The summed E-state index contributed by atoms with van der Waals surface area (Å²) in [6.07, 6.45) is 2.39. The van der Waals surface area contributed by atoms with Crippen LogP contribution in [0.25, 0.3) is 0 Å². The van der Waals surface area contributed by atoms with Gasteiger partial charge in [0.15, 0.2) is 23.1 Å². The Morgan fingerprint density at radius 1 is 1.00 bits per heavy atom. The quantitative estimate of drug-likeness (QED) is 0.621. The molecular weight excluding hydrogens is 428 g/mol. The van der Waals surface area contributed by atoms with E-state index in [4.69, 9.17) is 0 Å². The normalized spacial score (nSPS) is 25.0. The van der Waals surface area contributed by atoms with Crippen molar-refractivity contribution in [3.63, 3.8) is 0 Å². The van der Waals surface area contributed by atoms with E-state index in [9.17, 15) is 19.1 Å². The molecule has 1 amide bonds. The number of pyridine rings is 1. The SMILES string of the molecule is CN1CN(C23c4ccccc4CC2(C)Cc2c3ccc(F)c2F)n2ccc(=O)c(O)c2C1=O. The van der Waals surface area contributed by atoms with Gasteiger partial charge in [-0.3, -0.25) is 19.3 Å². The van der Waals surface area contributed by atoms with Crippen molar-refractivity contribution in [1.82, 2.24) is 9.58 Å². The van der Waals surface area contributed by atoms with Crippen molar-refractivity contribution in [2.45, 2.75) is 25.3 Å². The zero-order valence-corrected chi connectivity index (χ0v) is 18.1. The number of benzene rings is 2. The van der Waals surface area contributed by atoms with Gasteiger partial charge in [0, 0.05) is 24.7 Å². The Morgan fingerprint density at radius 2 is 1.76 bits per heavy atom. The first-order chi connectivity index (χ1) is 15.7. The van der Waals surface area contributed by atoms with E-state index in [2.05, 4.69) is 0 Å². The molecule has 6 nitrogen and oxygen atoms in total. The van der Waals surface area contributed by atoms with Crippen LogP contribution in [0.5, 0.6) is 5.75 Å². The van der Waals surface area contributed by atoms with Gasteiger partial charge in [-0.05, 0) is 41.2 Å². The minimum Gasteiger partial charge on any atom is -0.502 e. The molecule has 0 spiro atoms. The summed E-state index contributed by atoms with van der Waals surface area (Å²) in [6, 6.07) is 11.8. The van der Waals surface area contributed by atoms with E-state index in [1.54, 1.807) is 13.1 Å². The molecule has 2 aromatic carbocycles. The fourth-order valence-corrected chi connectivity index (χ4v) is 6.34. The Labute approximate surface area is 188 Å². The lowest BCUT2D eigenvalue weighted by molar-refractivity contribution is 0.0660. The second-order valence-corrected chi connectivity index (χ2v) is 9.44. The number of aromatic nitrogens is 1. The summed E-state index contributed by atoms with van der Waals surface area (Å²) in [4.78, 5) is 26.6. The van der Waals surface area contributed by atoms with Gasteiger partial charge in [0.05, 0.1) is 0 Å². The lowest BCUT2D eigenvalue weighted by Crippen LogP contribution is -2.64. The van der Waals surface area contributed by atoms with Gasteiger partial charge in [-0.15, -0.1) is 0 Å². The monoisotopic (exact) mass is 449 g/mol. The predicted octanol–water partition coefficient (Wildman–Crippen LogP) is 2.88. The highest BCUT2D eigenvalue weighted by Crippen LogP contribution is 2.63. The molecule has 2 atom stereocenters. The Hall–Kier alpha value is -3.68. The van der Waals surface area contributed by atoms with Crippen LogP contribution in [0, 0.1) is 17.0 Å². The van der Waals surface area contributed by atoms with Crippen LogP contribution in [0.15, 0.2) is 53.5 Å². The average molecular weight is 449 g/mol. The van der Waals surface area contributed by atoms with Crippen molar-refractivity contribution in [3.8, 4) is 5.75 Å². The summed E-state index contributed by atoms with van der Waals surface area (Å²) in [5.74, 6) is -2.88. The van der Waals surface area contributed by atoms with Gasteiger partial charge in [-0.25, -0.2) is 8.78 Å². The first-order valence-electron chi connectivity index (χ1n) is 10.7. The molecule has 2 aliphatic carbocycles. The number of nitrogens with zero attached hydrogens (tertiary/aromatic N) is 3. The lowest BCUT2D eigenvalue weighted by atomic mass is 9.71. The molecule has 1 aliphatic heterocycles. The molecule has 0 radical (unpaired) electrons. The van der Waals surface area contributed by atoms with Crippen LogP contribution in [-0.4, -0.2) is 34.3 Å². The predicted molar refractivity (Wildman–Crippen MR) is 117 cm³/mol. The van der Waals surface area contributed by atoms with Gasteiger partial charge < -0.3 is 10.0 Å². The van der Waals surface area contributed by atoms with Crippen LogP contribution < -0.4 is 10.4 Å². The molecule has 2 heterocycles. The van der Waals surface area contributed by atoms with E-state index < -0.39 is 39.7 Å². The van der Waals surface area contributed by atoms with E-state index in [-0.39, 0.29) is 12.4 Å². The van der Waals surface area contributed by atoms with E-state index in [0.29, 0.717) is 24.0 Å². The van der Waals surface area contributed by atoms with Gasteiger partial charge in [-0.1, -0.05) is 37.3 Å². The Kier molecular flexibility index (Phi) is 3.76. The summed E-state index contributed by atoms with van der Waals surface area (Å²) in [5, 5.41) is 12.4. The minimum absolute atomic E-state index is 0.122. The van der Waals surface area contributed by atoms with Crippen LogP contribution in [0.4, 0.5) is 8.78 Å². The molecule has 168 valence electrons. The zero-order chi connectivity index (χ0) is 23.3. The number of rotatable bonds is 1. The number of aromatic hydroxyl groups is 1. The Morgan fingerprint density at radius 3 is 2.55 bits per heavy atom. The first-order valence-corrected chi connectivity index (χ1v) is 10.7. The molecule has 0 bridgehead atoms. The minimum atomic E-state index is -0.960. The summed E-state index contributed by atoms with van der Waals surface area (Å²) >= 11 is 0. The van der Waals surface area contributed by atoms with Crippen molar-refractivity contribution in [2.24, 2.45) is 5.41 Å². The second kappa shape index (κ2) is 6.21. The number of amides is 1. The fourth-order valence-electron chi connectivity index (χ4n) is 6.34. The molecule has 2 unspecified atom stereocenters. The van der Waals surface area contributed by atoms with E-state index in [1.165, 1.54) is 21.8 Å². The molecule has 3 aliphatic rings. The largest absolute Gasteiger partial charge is 0.502 e. The van der Waals surface area contributed by atoms with Crippen molar-refractivity contribution in [2.75, 3.05) is 18.7 Å². The van der Waals surface area contributed by atoms with E-state index >= 15 is 4.39 Å². The third-order valence-electron chi connectivity index (χ3n) is 7.61. The van der Waals surface area contributed by atoms with E-state index in [0.717, 1.165) is 17.2 Å². The first kappa shape index (κ1) is 20.0. The molecule has 6 rings (SSSR count). The fraction of sp³-hybridized carbons (Fsp3) is 0.280. The molecular formula is C25H21F2N3O3. The average Bonchev–Trinajstić information content (AvgIpc) is 3.19. The number of hydrogen-bond acceptors (Lipinski definition) is 4. The maximum absolute atomic E-state index is 15.1.